The Morgan fingerprint density at radius 1 is 1.02 bits per heavy atom. The largest absolute Gasteiger partial charge is 0.493 e. The van der Waals surface area contributed by atoms with Crippen LogP contribution < -0.4 is 20.2 Å². The zero-order chi connectivity index (χ0) is 29.3. The Morgan fingerprint density at radius 2 is 1.81 bits per heavy atom. The van der Waals surface area contributed by atoms with Gasteiger partial charge in [-0.05, 0) is 61.0 Å². The van der Waals surface area contributed by atoms with Crippen molar-refractivity contribution < 1.29 is 14.3 Å². The van der Waals surface area contributed by atoms with E-state index in [0.29, 0.717) is 28.2 Å². The minimum Gasteiger partial charge on any atom is -0.493 e. The first kappa shape index (κ1) is 28.1. The van der Waals surface area contributed by atoms with Gasteiger partial charge in [0.05, 0.1) is 30.7 Å². The van der Waals surface area contributed by atoms with E-state index >= 15 is 0 Å². The molecule has 0 saturated heterocycles. The number of ether oxygens (including phenoxy) is 2. The van der Waals surface area contributed by atoms with E-state index in [2.05, 4.69) is 33.8 Å². The van der Waals surface area contributed by atoms with E-state index in [0.717, 1.165) is 27.6 Å². The van der Waals surface area contributed by atoms with Crippen molar-refractivity contribution in [2.75, 3.05) is 12.4 Å². The van der Waals surface area contributed by atoms with Gasteiger partial charge in [0.1, 0.15) is 6.61 Å². The number of thiazole rings is 1. The molecule has 5 aromatic rings. The van der Waals surface area contributed by atoms with Gasteiger partial charge in [0.15, 0.2) is 16.6 Å². The third-order valence-electron chi connectivity index (χ3n) is 6.34. The molecule has 5 rings (SSSR count). The van der Waals surface area contributed by atoms with E-state index in [1.54, 1.807) is 43.5 Å². The zero-order valence-electron chi connectivity index (χ0n) is 23.0. The highest BCUT2D eigenvalue weighted by Gasteiger charge is 2.10. The van der Waals surface area contributed by atoms with Gasteiger partial charge in [-0.2, -0.15) is 10.4 Å². The first-order valence-corrected chi connectivity index (χ1v) is 13.9. The van der Waals surface area contributed by atoms with Crippen molar-refractivity contribution in [1.82, 2.24) is 10.4 Å². The number of carbonyl (C=O) groups is 1. The number of nitrogens with zero attached hydrogens (tertiary/aromatic N) is 3. The number of rotatable bonds is 10. The van der Waals surface area contributed by atoms with Gasteiger partial charge < -0.3 is 14.8 Å². The second-order valence-electron chi connectivity index (χ2n) is 9.27. The monoisotopic (exact) mass is 573 g/mol. The lowest BCUT2D eigenvalue weighted by atomic mass is 10.1. The minimum absolute atomic E-state index is 0.232. The maximum atomic E-state index is 12.6. The average molecular weight is 574 g/mol. The van der Waals surface area contributed by atoms with Crippen molar-refractivity contribution in [3.8, 4) is 28.8 Å². The van der Waals surface area contributed by atoms with Crippen molar-refractivity contribution in [3.05, 3.63) is 124 Å². The molecule has 9 heteroatoms. The molecule has 8 nitrogen and oxygen atoms in total. The minimum atomic E-state index is -0.333. The molecule has 1 aromatic heterocycles. The van der Waals surface area contributed by atoms with E-state index < -0.39 is 0 Å². The predicted molar refractivity (Wildman–Crippen MR) is 166 cm³/mol. The van der Waals surface area contributed by atoms with Gasteiger partial charge in [0.2, 0.25) is 0 Å². The highest BCUT2D eigenvalue weighted by atomic mass is 32.1. The number of aromatic nitrogens is 1. The molecule has 0 atom stereocenters. The van der Waals surface area contributed by atoms with Crippen LogP contribution in [-0.2, 0) is 6.61 Å². The predicted octanol–water partition coefficient (Wildman–Crippen LogP) is 7.09. The number of hydrogen-bond donors (Lipinski definition) is 2. The smallest absolute Gasteiger partial charge is 0.271 e. The summed E-state index contributed by atoms with van der Waals surface area (Å²) in [5.74, 6) is 0.708. The number of hydrogen-bond acceptors (Lipinski definition) is 8. The molecule has 208 valence electrons. The van der Waals surface area contributed by atoms with E-state index in [4.69, 9.17) is 9.47 Å². The summed E-state index contributed by atoms with van der Waals surface area (Å²) in [5.41, 5.74) is 9.02. The maximum Gasteiger partial charge on any atom is 0.271 e. The third kappa shape index (κ3) is 6.99. The second kappa shape index (κ2) is 13.3. The number of aryl methyl sites for hydroxylation is 1. The van der Waals surface area contributed by atoms with Crippen LogP contribution in [0.1, 0.15) is 32.6 Å². The third-order valence-corrected chi connectivity index (χ3v) is 7.10. The lowest BCUT2D eigenvalue weighted by Gasteiger charge is -2.12. The molecule has 0 aliphatic rings. The van der Waals surface area contributed by atoms with Crippen molar-refractivity contribution in [1.29, 1.82) is 5.26 Å². The molecule has 0 aliphatic carbocycles. The molecule has 0 radical (unpaired) electrons. The summed E-state index contributed by atoms with van der Waals surface area (Å²) in [5, 5.41) is 19.5. The number of nitrogens with one attached hydrogen (secondary N) is 2. The molecular formula is C33H27N5O3S. The first-order valence-electron chi connectivity index (χ1n) is 13.0. The SMILES string of the molecule is COc1cc(/C=N\NC(=O)c2ccc(-c3csc(Nc4ccc(C)cc4)n3)cc2)ccc1OCc1ccccc1C#N. The molecule has 0 unspecified atom stereocenters. The summed E-state index contributed by atoms with van der Waals surface area (Å²) in [6.07, 6.45) is 1.53. The molecule has 1 heterocycles. The van der Waals surface area contributed by atoms with Gasteiger partial charge in [0, 0.05) is 27.8 Å². The van der Waals surface area contributed by atoms with Gasteiger partial charge in [-0.3, -0.25) is 4.79 Å². The molecule has 0 fully saturated rings. The van der Waals surface area contributed by atoms with Crippen molar-refractivity contribution in [2.45, 2.75) is 13.5 Å². The molecule has 0 bridgehead atoms. The first-order chi connectivity index (χ1) is 20.5. The standard InChI is InChI=1S/C33H27N5O3S/c1-22-7-14-28(15-8-22)36-33-37-29(21-42-33)24-10-12-25(13-11-24)32(39)38-35-19-23-9-16-30(31(17-23)40-2)41-20-27-6-4-3-5-26(27)18-34/h3-17,19,21H,20H2,1-2H3,(H,36,37)(H,38,39)/b35-19-. The Kier molecular flexibility index (Phi) is 8.87. The highest BCUT2D eigenvalue weighted by molar-refractivity contribution is 7.14. The highest BCUT2D eigenvalue weighted by Crippen LogP contribution is 2.29. The fraction of sp³-hybridized carbons (Fsp3) is 0.0909. The molecular weight excluding hydrogens is 546 g/mol. The van der Waals surface area contributed by atoms with Crippen LogP contribution in [0, 0.1) is 18.3 Å². The summed E-state index contributed by atoms with van der Waals surface area (Å²) >= 11 is 1.52. The maximum absolute atomic E-state index is 12.6. The molecule has 0 spiro atoms. The molecule has 0 aliphatic heterocycles. The second-order valence-corrected chi connectivity index (χ2v) is 10.1. The van der Waals surface area contributed by atoms with E-state index in [-0.39, 0.29) is 12.5 Å². The Labute approximate surface area is 247 Å². The van der Waals surface area contributed by atoms with Gasteiger partial charge in [-0.25, -0.2) is 10.4 Å². The Balaban J connectivity index is 1.16. The summed E-state index contributed by atoms with van der Waals surface area (Å²) in [7, 11) is 1.55. The molecule has 0 saturated carbocycles. The Morgan fingerprint density at radius 3 is 2.57 bits per heavy atom. The summed E-state index contributed by atoms with van der Waals surface area (Å²) < 4.78 is 11.4. The molecule has 2 N–H and O–H groups in total. The van der Waals surface area contributed by atoms with Crippen molar-refractivity contribution in [3.63, 3.8) is 0 Å². The average Bonchev–Trinajstić information content (AvgIpc) is 3.50. The summed E-state index contributed by atoms with van der Waals surface area (Å²) in [6, 6.07) is 30.1. The van der Waals surface area contributed by atoms with E-state index in [1.807, 2.05) is 60.0 Å². The number of benzene rings is 4. The van der Waals surface area contributed by atoms with Gasteiger partial charge >= 0.3 is 0 Å². The van der Waals surface area contributed by atoms with Crippen molar-refractivity contribution in [2.24, 2.45) is 5.10 Å². The van der Waals surface area contributed by atoms with Crippen LogP contribution in [0.4, 0.5) is 10.8 Å². The fourth-order valence-electron chi connectivity index (χ4n) is 4.04. The Bertz CT molecular complexity index is 1760. The van der Waals surface area contributed by atoms with Crippen LogP contribution in [0.5, 0.6) is 11.5 Å². The Hall–Kier alpha value is -5.46. The zero-order valence-corrected chi connectivity index (χ0v) is 23.8. The number of anilines is 2. The van der Waals surface area contributed by atoms with Crippen LogP contribution in [0.2, 0.25) is 0 Å². The number of methoxy groups -OCH3 is 1. The number of amides is 1. The van der Waals surface area contributed by atoms with Crippen LogP contribution >= 0.6 is 11.3 Å². The van der Waals surface area contributed by atoms with E-state index in [9.17, 15) is 10.1 Å². The molecule has 42 heavy (non-hydrogen) atoms. The quantitative estimate of drug-likeness (QED) is 0.136. The van der Waals surface area contributed by atoms with Gasteiger partial charge in [0.25, 0.3) is 5.91 Å². The number of nitriles is 1. The van der Waals surface area contributed by atoms with Crippen LogP contribution in [0.25, 0.3) is 11.3 Å². The number of hydrazone groups is 1. The van der Waals surface area contributed by atoms with Crippen LogP contribution in [0.3, 0.4) is 0 Å². The molecule has 1 amide bonds. The van der Waals surface area contributed by atoms with E-state index in [1.165, 1.54) is 23.1 Å². The van der Waals surface area contributed by atoms with Crippen molar-refractivity contribution >= 4 is 34.3 Å². The van der Waals surface area contributed by atoms with Gasteiger partial charge in [-0.1, -0.05) is 48.0 Å². The molecule has 4 aromatic carbocycles. The topological polar surface area (TPSA) is 109 Å². The van der Waals surface area contributed by atoms with Crippen LogP contribution in [0.15, 0.2) is 101 Å². The summed E-state index contributed by atoms with van der Waals surface area (Å²) in [6.45, 7) is 2.28. The summed E-state index contributed by atoms with van der Waals surface area (Å²) in [4.78, 5) is 17.3. The lowest BCUT2D eigenvalue weighted by Crippen LogP contribution is -2.17. The van der Waals surface area contributed by atoms with Crippen LogP contribution in [-0.4, -0.2) is 24.2 Å². The lowest BCUT2D eigenvalue weighted by molar-refractivity contribution is 0.0955. The number of carbonyl (C=O) groups excluding carboxylic acids is 1. The normalized spacial score (nSPS) is 10.7. The fourth-order valence-corrected chi connectivity index (χ4v) is 4.78. The van der Waals surface area contributed by atoms with Gasteiger partial charge in [-0.15, -0.1) is 11.3 Å².